The van der Waals surface area contributed by atoms with Crippen LogP contribution in [0.1, 0.15) is 36.4 Å². The monoisotopic (exact) mass is 487 g/mol. The summed E-state index contributed by atoms with van der Waals surface area (Å²) >= 11 is 0. The van der Waals surface area contributed by atoms with Crippen molar-refractivity contribution in [1.29, 1.82) is 0 Å². The molecule has 0 aliphatic carbocycles. The van der Waals surface area contributed by atoms with Crippen molar-refractivity contribution >= 4 is 16.8 Å². The van der Waals surface area contributed by atoms with Crippen LogP contribution < -0.4 is 5.56 Å². The van der Waals surface area contributed by atoms with Gasteiger partial charge >= 0.3 is 0 Å². The van der Waals surface area contributed by atoms with Crippen LogP contribution in [0.15, 0.2) is 53.5 Å². The summed E-state index contributed by atoms with van der Waals surface area (Å²) in [6.07, 6.45) is 5.93. The number of rotatable bonds is 6. The highest BCUT2D eigenvalue weighted by molar-refractivity contribution is 5.84. The predicted molar refractivity (Wildman–Crippen MR) is 142 cm³/mol. The molecule has 7 nitrogen and oxygen atoms in total. The number of aromatic nitrogens is 2. The number of fused-ring (bicyclic) bond motifs is 5. The Hall–Kier alpha value is -2.90. The van der Waals surface area contributed by atoms with E-state index in [-0.39, 0.29) is 5.56 Å². The van der Waals surface area contributed by atoms with Gasteiger partial charge in [-0.05, 0) is 49.9 Å². The van der Waals surface area contributed by atoms with E-state index >= 15 is 0 Å². The summed E-state index contributed by atoms with van der Waals surface area (Å²) in [7, 11) is 2.12. The number of carbonyl (C=O) groups is 1. The number of likely N-dealkylation sites (tertiary alicyclic amines) is 1. The predicted octanol–water partition coefficient (Wildman–Crippen LogP) is 2.98. The number of benzene rings is 1. The maximum Gasteiger partial charge on any atom is 0.250 e. The molecule has 3 aliphatic heterocycles. The summed E-state index contributed by atoms with van der Waals surface area (Å²) in [4.78, 5) is 32.0. The van der Waals surface area contributed by atoms with Gasteiger partial charge in [-0.3, -0.25) is 14.5 Å². The van der Waals surface area contributed by atoms with E-state index in [4.69, 9.17) is 0 Å². The zero-order valence-corrected chi connectivity index (χ0v) is 21.3. The summed E-state index contributed by atoms with van der Waals surface area (Å²) in [5, 5.41) is 1.30. The molecule has 0 radical (unpaired) electrons. The van der Waals surface area contributed by atoms with E-state index in [0.29, 0.717) is 24.2 Å². The Morgan fingerprint density at radius 2 is 1.81 bits per heavy atom. The van der Waals surface area contributed by atoms with Gasteiger partial charge in [0, 0.05) is 87.0 Å². The molecule has 2 saturated heterocycles. The van der Waals surface area contributed by atoms with Crippen LogP contribution in [-0.4, -0.2) is 76.1 Å². The van der Waals surface area contributed by atoms with E-state index in [9.17, 15) is 9.59 Å². The molecule has 6 rings (SSSR count). The zero-order chi connectivity index (χ0) is 24.6. The second kappa shape index (κ2) is 9.87. The van der Waals surface area contributed by atoms with Crippen molar-refractivity contribution in [3.05, 3.63) is 70.3 Å². The molecule has 0 N–H and O–H groups in total. The first-order valence-electron chi connectivity index (χ1n) is 13.5. The smallest absolute Gasteiger partial charge is 0.250 e. The Morgan fingerprint density at radius 1 is 0.972 bits per heavy atom. The van der Waals surface area contributed by atoms with E-state index in [1.54, 1.807) is 6.07 Å². The molecule has 5 heterocycles. The van der Waals surface area contributed by atoms with Gasteiger partial charge in [-0.25, -0.2) is 0 Å². The molecule has 0 saturated carbocycles. The van der Waals surface area contributed by atoms with Crippen molar-refractivity contribution in [2.45, 2.75) is 44.8 Å². The van der Waals surface area contributed by atoms with Crippen molar-refractivity contribution in [1.82, 2.24) is 23.8 Å². The van der Waals surface area contributed by atoms with Gasteiger partial charge < -0.3 is 18.9 Å². The van der Waals surface area contributed by atoms with Gasteiger partial charge in [-0.1, -0.05) is 24.3 Å². The van der Waals surface area contributed by atoms with Gasteiger partial charge in [0.15, 0.2) is 0 Å². The van der Waals surface area contributed by atoms with Gasteiger partial charge in [0.1, 0.15) is 0 Å². The molecule has 7 heteroatoms. The Morgan fingerprint density at radius 3 is 2.67 bits per heavy atom. The average molecular weight is 488 g/mol. The van der Waals surface area contributed by atoms with Gasteiger partial charge in [0.05, 0.1) is 6.67 Å². The van der Waals surface area contributed by atoms with Gasteiger partial charge in [0.2, 0.25) is 5.91 Å². The lowest BCUT2D eigenvalue weighted by molar-refractivity contribution is -0.132. The first kappa shape index (κ1) is 23.5. The van der Waals surface area contributed by atoms with Crippen LogP contribution in [0.4, 0.5) is 0 Å². The van der Waals surface area contributed by atoms with Crippen molar-refractivity contribution in [3.8, 4) is 0 Å². The van der Waals surface area contributed by atoms with Gasteiger partial charge in [-0.15, -0.1) is 0 Å². The highest BCUT2D eigenvalue weighted by Crippen LogP contribution is 2.35. The minimum absolute atomic E-state index is 0.141. The Balaban J connectivity index is 1.13. The van der Waals surface area contributed by atoms with Crippen molar-refractivity contribution in [3.63, 3.8) is 0 Å². The van der Waals surface area contributed by atoms with E-state index in [1.165, 1.54) is 28.6 Å². The number of hydrogen-bond acceptors (Lipinski definition) is 4. The molecule has 0 spiro atoms. The third-order valence-electron chi connectivity index (χ3n) is 8.47. The van der Waals surface area contributed by atoms with E-state index in [0.717, 1.165) is 65.3 Å². The lowest BCUT2D eigenvalue weighted by Crippen LogP contribution is -2.47. The minimum Gasteiger partial charge on any atom is -0.340 e. The number of nitrogens with zero attached hydrogens (tertiary/aromatic N) is 5. The van der Waals surface area contributed by atoms with Crippen LogP contribution in [0.5, 0.6) is 0 Å². The number of aryl methyl sites for hydroxylation is 1. The van der Waals surface area contributed by atoms with Crippen molar-refractivity contribution in [2.24, 2.45) is 5.92 Å². The van der Waals surface area contributed by atoms with Crippen LogP contribution in [-0.2, 0) is 24.4 Å². The highest BCUT2D eigenvalue weighted by Gasteiger charge is 2.34. The Bertz CT molecular complexity index is 1300. The van der Waals surface area contributed by atoms with Crippen LogP contribution in [0.3, 0.4) is 0 Å². The third-order valence-corrected chi connectivity index (χ3v) is 8.47. The minimum atomic E-state index is 0.141. The largest absolute Gasteiger partial charge is 0.340 e. The quantitative estimate of drug-likeness (QED) is 0.537. The average Bonchev–Trinajstić information content (AvgIpc) is 3.22. The number of likely N-dealkylation sites (N-methyl/N-ethyl adjacent to an activating group) is 1. The molecule has 2 bridgehead atoms. The lowest BCUT2D eigenvalue weighted by atomic mass is 9.83. The first-order chi connectivity index (χ1) is 17.5. The summed E-state index contributed by atoms with van der Waals surface area (Å²) in [5.41, 5.74) is 3.95. The lowest BCUT2D eigenvalue weighted by Gasteiger charge is -2.42. The molecule has 2 aromatic heterocycles. The molecular formula is C29H37N5O2. The Kier molecular flexibility index (Phi) is 6.44. The van der Waals surface area contributed by atoms with Crippen molar-refractivity contribution in [2.75, 3.05) is 46.3 Å². The summed E-state index contributed by atoms with van der Waals surface area (Å²) in [5.74, 6) is 1.25. The normalized spacial score (nSPS) is 22.6. The molecule has 3 aromatic rings. The SMILES string of the molecule is CN1CCN(C(=O)CCCc2cn(CN3C[C@@H]4C[C@H](C3)c3cccc(=O)n3C4)c3ccccc23)CC1. The van der Waals surface area contributed by atoms with Gasteiger partial charge in [-0.2, -0.15) is 0 Å². The standard InChI is InChI=1S/C29H37N5O2/c1-30-12-14-32(15-13-30)28(35)10-4-6-23-20-33(27-8-3-2-7-25(23)27)21-31-17-22-16-24(19-31)26-9-5-11-29(36)34(26)18-22/h2-3,5,7-9,11,20,22,24H,4,6,10,12-19,21H2,1H3/t22-,24+/m0/s1. The fraction of sp³-hybridized carbons (Fsp3) is 0.517. The van der Waals surface area contributed by atoms with Crippen LogP contribution in [0.25, 0.3) is 10.9 Å². The number of piperidine rings is 1. The number of amides is 1. The number of pyridine rings is 1. The zero-order valence-electron chi connectivity index (χ0n) is 21.3. The van der Waals surface area contributed by atoms with Crippen molar-refractivity contribution < 1.29 is 4.79 Å². The maximum atomic E-state index is 12.7. The highest BCUT2D eigenvalue weighted by atomic mass is 16.2. The second-order valence-electron chi connectivity index (χ2n) is 11.1. The fourth-order valence-electron chi connectivity index (χ4n) is 6.61. The van der Waals surface area contributed by atoms with Crippen LogP contribution in [0.2, 0.25) is 0 Å². The molecule has 2 fully saturated rings. The first-order valence-corrected chi connectivity index (χ1v) is 13.5. The molecule has 36 heavy (non-hydrogen) atoms. The fourth-order valence-corrected chi connectivity index (χ4v) is 6.61. The molecule has 1 aromatic carbocycles. The summed E-state index contributed by atoms with van der Waals surface area (Å²) < 4.78 is 4.40. The third kappa shape index (κ3) is 4.62. The number of hydrogen-bond donors (Lipinski definition) is 0. The molecular weight excluding hydrogens is 450 g/mol. The Labute approximate surface area is 212 Å². The topological polar surface area (TPSA) is 53.7 Å². The van der Waals surface area contributed by atoms with E-state index in [2.05, 4.69) is 57.9 Å². The second-order valence-corrected chi connectivity index (χ2v) is 11.1. The molecule has 1 amide bonds. The maximum absolute atomic E-state index is 12.7. The molecule has 2 atom stereocenters. The van der Waals surface area contributed by atoms with Crippen LogP contribution >= 0.6 is 0 Å². The summed E-state index contributed by atoms with van der Waals surface area (Å²) in [6, 6.07) is 14.4. The summed E-state index contributed by atoms with van der Waals surface area (Å²) in [6.45, 7) is 7.36. The van der Waals surface area contributed by atoms with E-state index in [1.807, 2.05) is 15.5 Å². The number of piperazine rings is 1. The molecule has 190 valence electrons. The molecule has 3 aliphatic rings. The van der Waals surface area contributed by atoms with Gasteiger partial charge in [0.25, 0.3) is 5.56 Å². The van der Waals surface area contributed by atoms with Crippen LogP contribution in [0, 0.1) is 5.92 Å². The number of para-hydroxylation sites is 1. The van der Waals surface area contributed by atoms with E-state index < -0.39 is 0 Å². The number of carbonyl (C=O) groups excluding carboxylic acids is 1. The molecule has 0 unspecified atom stereocenters.